The number of fused-ring (bicyclic) bond motifs is 1. The molecule has 2 aliphatic rings. The van der Waals surface area contributed by atoms with E-state index in [0.717, 1.165) is 47.5 Å². The maximum absolute atomic E-state index is 9.60. The molecule has 0 amide bonds. The number of halogens is 1. The first-order valence-corrected chi connectivity index (χ1v) is 7.91. The molecule has 1 saturated carbocycles. The lowest BCUT2D eigenvalue weighted by Crippen LogP contribution is -2.34. The molecule has 20 heavy (non-hydrogen) atoms. The topological polar surface area (TPSA) is 50.7 Å². The number of nitrogens with one attached hydrogen (secondary N) is 1. The van der Waals surface area contributed by atoms with Crippen LogP contribution in [0, 0.1) is 5.41 Å². The Morgan fingerprint density at radius 3 is 2.80 bits per heavy atom. The largest absolute Gasteiger partial charge is 0.454 e. The van der Waals surface area contributed by atoms with Crippen LogP contribution in [0.5, 0.6) is 11.5 Å². The molecule has 1 aliphatic heterocycles. The molecule has 2 N–H and O–H groups in total. The van der Waals surface area contributed by atoms with Gasteiger partial charge < -0.3 is 19.9 Å². The molecule has 0 atom stereocenters. The van der Waals surface area contributed by atoms with E-state index in [9.17, 15) is 5.11 Å². The quantitative estimate of drug-likeness (QED) is 0.864. The van der Waals surface area contributed by atoms with E-state index >= 15 is 0 Å². The van der Waals surface area contributed by atoms with Crippen LogP contribution in [0.2, 0.25) is 0 Å². The standard InChI is InChI=1S/C15H20BrNO3/c16-12-5-11(6-13-14(12)20-10-19-13)7-17-8-15(9-18)3-1-2-4-15/h5-6,17-18H,1-4,7-10H2. The molecular formula is C15H20BrNO3. The van der Waals surface area contributed by atoms with Crippen molar-refractivity contribution in [2.24, 2.45) is 5.41 Å². The summed E-state index contributed by atoms with van der Waals surface area (Å²) in [4.78, 5) is 0. The van der Waals surface area contributed by atoms with Crippen molar-refractivity contribution in [2.45, 2.75) is 32.2 Å². The second-order valence-corrected chi connectivity index (χ2v) is 6.63. The number of hydrogen-bond donors (Lipinski definition) is 2. The Morgan fingerprint density at radius 1 is 1.25 bits per heavy atom. The van der Waals surface area contributed by atoms with E-state index in [1.165, 1.54) is 12.8 Å². The van der Waals surface area contributed by atoms with Crippen molar-refractivity contribution >= 4 is 15.9 Å². The molecule has 0 bridgehead atoms. The molecule has 0 spiro atoms. The minimum absolute atomic E-state index is 0.0908. The van der Waals surface area contributed by atoms with Crippen LogP contribution in [0.15, 0.2) is 16.6 Å². The van der Waals surface area contributed by atoms with E-state index in [1.807, 2.05) is 6.07 Å². The zero-order valence-corrected chi connectivity index (χ0v) is 13.0. The Bertz CT molecular complexity index is 486. The Balaban J connectivity index is 1.60. The highest BCUT2D eigenvalue weighted by atomic mass is 79.9. The summed E-state index contributed by atoms with van der Waals surface area (Å²) in [5.41, 5.74) is 1.25. The van der Waals surface area contributed by atoms with Crippen LogP contribution in [-0.4, -0.2) is 25.1 Å². The number of hydrogen-bond acceptors (Lipinski definition) is 4. The van der Waals surface area contributed by atoms with Crippen molar-refractivity contribution in [2.75, 3.05) is 19.9 Å². The lowest BCUT2D eigenvalue weighted by atomic mass is 9.87. The van der Waals surface area contributed by atoms with E-state index in [-0.39, 0.29) is 12.0 Å². The van der Waals surface area contributed by atoms with Gasteiger partial charge in [-0.2, -0.15) is 0 Å². The van der Waals surface area contributed by atoms with Crippen molar-refractivity contribution in [3.8, 4) is 11.5 Å². The highest BCUT2D eigenvalue weighted by Crippen LogP contribution is 2.40. The van der Waals surface area contributed by atoms with Crippen molar-refractivity contribution < 1.29 is 14.6 Å². The van der Waals surface area contributed by atoms with Crippen molar-refractivity contribution in [3.05, 3.63) is 22.2 Å². The molecule has 0 saturated heterocycles. The second kappa shape index (κ2) is 5.92. The fraction of sp³-hybridized carbons (Fsp3) is 0.600. The van der Waals surface area contributed by atoms with Gasteiger partial charge in [0, 0.05) is 25.1 Å². The molecule has 1 fully saturated rings. The molecule has 0 aromatic heterocycles. The van der Waals surface area contributed by atoms with E-state index < -0.39 is 0 Å². The fourth-order valence-corrected chi connectivity index (χ4v) is 3.71. The molecule has 3 rings (SSSR count). The Hall–Kier alpha value is -0.780. The summed E-state index contributed by atoms with van der Waals surface area (Å²) in [6.07, 6.45) is 4.72. The molecule has 1 heterocycles. The summed E-state index contributed by atoms with van der Waals surface area (Å²) >= 11 is 3.51. The molecule has 5 heteroatoms. The number of benzene rings is 1. The monoisotopic (exact) mass is 341 g/mol. The Morgan fingerprint density at radius 2 is 2.05 bits per heavy atom. The second-order valence-electron chi connectivity index (χ2n) is 5.78. The average Bonchev–Trinajstić information content (AvgIpc) is 3.08. The van der Waals surface area contributed by atoms with Crippen LogP contribution in [0.1, 0.15) is 31.2 Å². The molecular weight excluding hydrogens is 322 g/mol. The van der Waals surface area contributed by atoms with E-state index in [0.29, 0.717) is 6.79 Å². The Kier molecular flexibility index (Phi) is 4.19. The predicted octanol–water partition coefficient (Wildman–Crippen LogP) is 2.82. The Labute approximate surface area is 127 Å². The van der Waals surface area contributed by atoms with Gasteiger partial charge in [-0.3, -0.25) is 0 Å². The van der Waals surface area contributed by atoms with Crippen LogP contribution in [0.25, 0.3) is 0 Å². The minimum atomic E-state index is 0.0908. The number of aliphatic hydroxyl groups excluding tert-OH is 1. The fourth-order valence-electron chi connectivity index (χ4n) is 3.11. The first-order chi connectivity index (χ1) is 9.72. The van der Waals surface area contributed by atoms with Gasteiger partial charge in [-0.25, -0.2) is 0 Å². The van der Waals surface area contributed by atoms with Gasteiger partial charge in [0.15, 0.2) is 11.5 Å². The summed E-state index contributed by atoms with van der Waals surface area (Å²) in [6, 6.07) is 4.07. The molecule has 0 unspecified atom stereocenters. The smallest absolute Gasteiger partial charge is 0.231 e. The lowest BCUT2D eigenvalue weighted by molar-refractivity contribution is 0.128. The maximum atomic E-state index is 9.60. The van der Waals surface area contributed by atoms with Crippen LogP contribution in [0.4, 0.5) is 0 Å². The van der Waals surface area contributed by atoms with Crippen LogP contribution >= 0.6 is 15.9 Å². The summed E-state index contributed by atoms with van der Waals surface area (Å²) in [7, 11) is 0. The third kappa shape index (κ3) is 2.80. The molecule has 4 nitrogen and oxygen atoms in total. The summed E-state index contributed by atoms with van der Waals surface area (Å²) in [5.74, 6) is 1.59. The van der Waals surface area contributed by atoms with Crippen LogP contribution < -0.4 is 14.8 Å². The van der Waals surface area contributed by atoms with Gasteiger partial charge in [0.25, 0.3) is 0 Å². The third-order valence-electron chi connectivity index (χ3n) is 4.32. The average molecular weight is 342 g/mol. The zero-order chi connectivity index (χ0) is 14.0. The predicted molar refractivity (Wildman–Crippen MR) is 80.0 cm³/mol. The van der Waals surface area contributed by atoms with Crippen molar-refractivity contribution in [1.82, 2.24) is 5.32 Å². The van der Waals surface area contributed by atoms with Gasteiger partial charge >= 0.3 is 0 Å². The van der Waals surface area contributed by atoms with Gasteiger partial charge in [-0.05, 0) is 46.5 Å². The van der Waals surface area contributed by atoms with E-state index in [1.54, 1.807) is 0 Å². The molecule has 1 aliphatic carbocycles. The number of aliphatic hydroxyl groups is 1. The van der Waals surface area contributed by atoms with E-state index in [2.05, 4.69) is 27.3 Å². The minimum Gasteiger partial charge on any atom is -0.454 e. The van der Waals surface area contributed by atoms with Gasteiger partial charge in [-0.15, -0.1) is 0 Å². The highest BCUT2D eigenvalue weighted by Gasteiger charge is 2.32. The SMILES string of the molecule is OCC1(CNCc2cc(Br)c3c(c2)OCO3)CCCC1. The maximum Gasteiger partial charge on any atom is 0.231 e. The summed E-state index contributed by atoms with van der Waals surface area (Å²) in [5, 5.41) is 13.1. The van der Waals surface area contributed by atoms with Gasteiger partial charge in [0.1, 0.15) is 0 Å². The molecule has 0 radical (unpaired) electrons. The lowest BCUT2D eigenvalue weighted by Gasteiger charge is -2.26. The van der Waals surface area contributed by atoms with Crippen LogP contribution in [-0.2, 0) is 6.54 Å². The summed E-state index contributed by atoms with van der Waals surface area (Å²) < 4.78 is 11.7. The zero-order valence-electron chi connectivity index (χ0n) is 11.5. The molecule has 1 aromatic carbocycles. The third-order valence-corrected chi connectivity index (χ3v) is 4.90. The van der Waals surface area contributed by atoms with Gasteiger partial charge in [0.2, 0.25) is 6.79 Å². The molecule has 110 valence electrons. The van der Waals surface area contributed by atoms with Crippen molar-refractivity contribution in [1.29, 1.82) is 0 Å². The summed E-state index contributed by atoms with van der Waals surface area (Å²) in [6.45, 7) is 2.22. The molecule has 1 aromatic rings. The number of ether oxygens (including phenoxy) is 2. The van der Waals surface area contributed by atoms with Crippen molar-refractivity contribution in [3.63, 3.8) is 0 Å². The first kappa shape index (κ1) is 14.2. The number of rotatable bonds is 5. The normalized spacial score (nSPS) is 19.5. The van der Waals surface area contributed by atoms with Crippen LogP contribution in [0.3, 0.4) is 0 Å². The van der Waals surface area contributed by atoms with Gasteiger partial charge in [0.05, 0.1) is 4.47 Å². The first-order valence-electron chi connectivity index (χ1n) is 7.12. The highest BCUT2D eigenvalue weighted by molar-refractivity contribution is 9.10. The van der Waals surface area contributed by atoms with E-state index in [4.69, 9.17) is 9.47 Å². The van der Waals surface area contributed by atoms with Gasteiger partial charge in [-0.1, -0.05) is 12.8 Å².